The predicted octanol–water partition coefficient (Wildman–Crippen LogP) is 1.88. The van der Waals surface area contributed by atoms with Gasteiger partial charge in [0.1, 0.15) is 0 Å². The molecule has 0 spiro atoms. The predicted molar refractivity (Wildman–Crippen MR) is 60.5 cm³/mol. The van der Waals surface area contributed by atoms with E-state index in [9.17, 15) is 4.79 Å². The second kappa shape index (κ2) is 5.49. The van der Waals surface area contributed by atoms with Crippen LogP contribution < -0.4 is 0 Å². The number of aromatic nitrogens is 1. The number of pyridine rings is 1. The molecule has 1 heterocycles. The maximum atomic E-state index is 11.5. The van der Waals surface area contributed by atoms with Crippen LogP contribution in [0, 0.1) is 0 Å². The van der Waals surface area contributed by atoms with Gasteiger partial charge in [0.2, 0.25) is 5.91 Å². The Hall–Kier alpha value is -1.38. The zero-order valence-electron chi connectivity index (χ0n) is 9.60. The van der Waals surface area contributed by atoms with Gasteiger partial charge in [-0.3, -0.25) is 9.78 Å². The van der Waals surface area contributed by atoms with E-state index in [-0.39, 0.29) is 11.9 Å². The third-order valence-corrected chi connectivity index (χ3v) is 2.64. The van der Waals surface area contributed by atoms with E-state index in [4.69, 9.17) is 0 Å². The molecule has 0 N–H and O–H groups in total. The standard InChI is InChI=1S/C12H18N2O/c1-4-12(15)14(3)10(2)9-11-5-7-13-8-6-11/h5-8,10H,4,9H2,1-3H3. The van der Waals surface area contributed by atoms with E-state index in [0.29, 0.717) is 6.42 Å². The number of rotatable bonds is 4. The maximum absolute atomic E-state index is 11.5. The van der Waals surface area contributed by atoms with Crippen molar-refractivity contribution in [2.24, 2.45) is 0 Å². The van der Waals surface area contributed by atoms with Gasteiger partial charge in [-0.05, 0) is 31.0 Å². The van der Waals surface area contributed by atoms with E-state index in [1.54, 1.807) is 17.3 Å². The van der Waals surface area contributed by atoms with Crippen molar-refractivity contribution in [1.82, 2.24) is 9.88 Å². The Morgan fingerprint density at radius 3 is 2.60 bits per heavy atom. The fourth-order valence-electron chi connectivity index (χ4n) is 1.49. The van der Waals surface area contributed by atoms with Crippen molar-refractivity contribution in [3.05, 3.63) is 30.1 Å². The summed E-state index contributed by atoms with van der Waals surface area (Å²) in [6.07, 6.45) is 5.01. The normalized spacial score (nSPS) is 12.2. The molecule has 0 aliphatic heterocycles. The summed E-state index contributed by atoms with van der Waals surface area (Å²) >= 11 is 0. The van der Waals surface area contributed by atoms with Crippen molar-refractivity contribution < 1.29 is 4.79 Å². The zero-order chi connectivity index (χ0) is 11.3. The van der Waals surface area contributed by atoms with Crippen LogP contribution in [0.1, 0.15) is 25.8 Å². The lowest BCUT2D eigenvalue weighted by molar-refractivity contribution is -0.131. The highest BCUT2D eigenvalue weighted by atomic mass is 16.2. The first-order valence-corrected chi connectivity index (χ1v) is 5.29. The monoisotopic (exact) mass is 206 g/mol. The second-order valence-electron chi connectivity index (χ2n) is 3.77. The number of hydrogen-bond acceptors (Lipinski definition) is 2. The molecule has 0 saturated heterocycles. The third-order valence-electron chi connectivity index (χ3n) is 2.64. The summed E-state index contributed by atoms with van der Waals surface area (Å²) in [7, 11) is 1.86. The van der Waals surface area contributed by atoms with Crippen LogP contribution in [0.4, 0.5) is 0 Å². The van der Waals surface area contributed by atoms with Crippen molar-refractivity contribution in [2.45, 2.75) is 32.7 Å². The summed E-state index contributed by atoms with van der Waals surface area (Å²) < 4.78 is 0. The quantitative estimate of drug-likeness (QED) is 0.753. The minimum absolute atomic E-state index is 0.191. The Morgan fingerprint density at radius 2 is 2.07 bits per heavy atom. The molecule has 1 unspecified atom stereocenters. The van der Waals surface area contributed by atoms with Gasteiger partial charge in [0.05, 0.1) is 0 Å². The van der Waals surface area contributed by atoms with Crippen molar-refractivity contribution in [3.8, 4) is 0 Å². The van der Waals surface area contributed by atoms with Gasteiger partial charge in [0, 0.05) is 31.9 Å². The van der Waals surface area contributed by atoms with Crippen LogP contribution in [0.3, 0.4) is 0 Å². The van der Waals surface area contributed by atoms with Gasteiger partial charge < -0.3 is 4.90 Å². The molecule has 0 bridgehead atoms. The molecule has 1 rings (SSSR count). The van der Waals surface area contributed by atoms with Crippen molar-refractivity contribution >= 4 is 5.91 Å². The van der Waals surface area contributed by atoms with Crippen LogP contribution in [0.15, 0.2) is 24.5 Å². The van der Waals surface area contributed by atoms with Crippen molar-refractivity contribution in [2.75, 3.05) is 7.05 Å². The second-order valence-corrected chi connectivity index (χ2v) is 3.77. The Kier molecular flexibility index (Phi) is 4.28. The highest BCUT2D eigenvalue weighted by Gasteiger charge is 2.13. The molecule has 1 amide bonds. The van der Waals surface area contributed by atoms with E-state index < -0.39 is 0 Å². The number of nitrogens with zero attached hydrogens (tertiary/aromatic N) is 2. The molecule has 1 aromatic rings. The van der Waals surface area contributed by atoms with Gasteiger partial charge in [-0.2, -0.15) is 0 Å². The summed E-state index contributed by atoms with van der Waals surface area (Å²) in [4.78, 5) is 17.2. The molecule has 0 aromatic carbocycles. The fraction of sp³-hybridized carbons (Fsp3) is 0.500. The molecule has 0 fully saturated rings. The molecular formula is C12H18N2O. The minimum atomic E-state index is 0.191. The van der Waals surface area contributed by atoms with Crippen LogP contribution in [-0.2, 0) is 11.2 Å². The molecule has 0 radical (unpaired) electrons. The molecule has 0 aliphatic rings. The highest BCUT2D eigenvalue weighted by molar-refractivity contribution is 5.75. The number of carbonyl (C=O) groups excluding carboxylic acids is 1. The largest absolute Gasteiger partial charge is 0.343 e. The van der Waals surface area contributed by atoms with Gasteiger partial charge >= 0.3 is 0 Å². The molecule has 1 atom stereocenters. The highest BCUT2D eigenvalue weighted by Crippen LogP contribution is 2.07. The topological polar surface area (TPSA) is 33.2 Å². The van der Waals surface area contributed by atoms with E-state index in [1.165, 1.54) is 5.56 Å². The zero-order valence-corrected chi connectivity index (χ0v) is 9.60. The fourth-order valence-corrected chi connectivity index (χ4v) is 1.49. The first kappa shape index (κ1) is 11.7. The average Bonchev–Trinajstić information content (AvgIpc) is 2.28. The number of hydrogen-bond donors (Lipinski definition) is 0. The summed E-state index contributed by atoms with van der Waals surface area (Å²) in [5.74, 6) is 0.191. The van der Waals surface area contributed by atoms with E-state index in [0.717, 1.165) is 6.42 Å². The molecular weight excluding hydrogens is 188 g/mol. The molecule has 82 valence electrons. The van der Waals surface area contributed by atoms with Gasteiger partial charge in [-0.25, -0.2) is 0 Å². The SMILES string of the molecule is CCC(=O)N(C)C(C)Cc1ccncc1. The Balaban J connectivity index is 2.56. The lowest BCUT2D eigenvalue weighted by Gasteiger charge is -2.24. The molecule has 0 saturated carbocycles. The van der Waals surface area contributed by atoms with E-state index in [1.807, 2.05) is 26.1 Å². The van der Waals surface area contributed by atoms with Crippen molar-refractivity contribution in [1.29, 1.82) is 0 Å². The summed E-state index contributed by atoms with van der Waals surface area (Å²) in [5.41, 5.74) is 1.22. The molecule has 15 heavy (non-hydrogen) atoms. The smallest absolute Gasteiger partial charge is 0.222 e. The van der Waals surface area contributed by atoms with Gasteiger partial charge in [0.25, 0.3) is 0 Å². The van der Waals surface area contributed by atoms with Crippen LogP contribution in [0.25, 0.3) is 0 Å². The van der Waals surface area contributed by atoms with Crippen LogP contribution >= 0.6 is 0 Å². The lowest BCUT2D eigenvalue weighted by atomic mass is 10.1. The lowest BCUT2D eigenvalue weighted by Crippen LogP contribution is -2.35. The van der Waals surface area contributed by atoms with Crippen LogP contribution in [-0.4, -0.2) is 28.9 Å². The third kappa shape index (κ3) is 3.35. The first-order valence-electron chi connectivity index (χ1n) is 5.29. The number of likely N-dealkylation sites (N-methyl/N-ethyl adjacent to an activating group) is 1. The van der Waals surface area contributed by atoms with Gasteiger partial charge in [0.15, 0.2) is 0 Å². The van der Waals surface area contributed by atoms with Crippen LogP contribution in [0.5, 0.6) is 0 Å². The van der Waals surface area contributed by atoms with Gasteiger partial charge in [-0.1, -0.05) is 6.92 Å². The Bertz CT molecular complexity index is 311. The molecule has 3 heteroatoms. The van der Waals surface area contributed by atoms with Crippen molar-refractivity contribution in [3.63, 3.8) is 0 Å². The number of amides is 1. The first-order chi connectivity index (χ1) is 7.15. The maximum Gasteiger partial charge on any atom is 0.222 e. The van der Waals surface area contributed by atoms with E-state index in [2.05, 4.69) is 11.9 Å². The van der Waals surface area contributed by atoms with Gasteiger partial charge in [-0.15, -0.1) is 0 Å². The minimum Gasteiger partial charge on any atom is -0.343 e. The average molecular weight is 206 g/mol. The molecule has 1 aromatic heterocycles. The summed E-state index contributed by atoms with van der Waals surface area (Å²) in [6, 6.07) is 4.21. The Morgan fingerprint density at radius 1 is 1.47 bits per heavy atom. The summed E-state index contributed by atoms with van der Waals surface area (Å²) in [6.45, 7) is 3.95. The van der Waals surface area contributed by atoms with E-state index >= 15 is 0 Å². The molecule has 0 aliphatic carbocycles. The Labute approximate surface area is 91.1 Å². The molecule has 3 nitrogen and oxygen atoms in total. The summed E-state index contributed by atoms with van der Waals surface area (Å²) in [5, 5.41) is 0. The number of carbonyl (C=O) groups is 1. The van der Waals surface area contributed by atoms with Crippen LogP contribution in [0.2, 0.25) is 0 Å².